The van der Waals surface area contributed by atoms with Gasteiger partial charge >= 0.3 is 0 Å². The third kappa shape index (κ3) is 2.67. The Bertz CT molecular complexity index is 545. The zero-order valence-corrected chi connectivity index (χ0v) is 11.5. The minimum Gasteiger partial charge on any atom is -0.364 e. The Balaban J connectivity index is 2.14. The third-order valence-electron chi connectivity index (χ3n) is 3.12. The second-order valence-electron chi connectivity index (χ2n) is 4.79. The number of carbonyl (C=O) groups is 1. The molecule has 0 bridgehead atoms. The molecule has 0 spiro atoms. The van der Waals surface area contributed by atoms with Gasteiger partial charge in [-0.1, -0.05) is 24.2 Å². The van der Waals surface area contributed by atoms with Crippen LogP contribution in [0.1, 0.15) is 54.7 Å². The number of hydrogen-bond donors (Lipinski definition) is 0. The summed E-state index contributed by atoms with van der Waals surface area (Å²) in [5, 5.41) is 7.72. The molecule has 2 aromatic heterocycles. The van der Waals surface area contributed by atoms with Gasteiger partial charge in [0.2, 0.25) is 5.76 Å². The highest BCUT2D eigenvalue weighted by molar-refractivity contribution is 5.91. The molecule has 2 rings (SSSR count). The van der Waals surface area contributed by atoms with Crippen LogP contribution < -0.4 is 0 Å². The SMILES string of the molecule is CC(C)c1cc(C(=O)N(C)[C@@H](C)c2ccon2)on1. The molecule has 0 aliphatic rings. The smallest absolute Gasteiger partial charge is 0.292 e. The van der Waals surface area contributed by atoms with E-state index in [9.17, 15) is 4.79 Å². The average molecular weight is 263 g/mol. The zero-order chi connectivity index (χ0) is 14.0. The Morgan fingerprint density at radius 1 is 1.26 bits per heavy atom. The summed E-state index contributed by atoms with van der Waals surface area (Å²) in [7, 11) is 1.69. The van der Waals surface area contributed by atoms with E-state index in [0.29, 0.717) is 5.69 Å². The quantitative estimate of drug-likeness (QED) is 0.847. The van der Waals surface area contributed by atoms with Crippen molar-refractivity contribution in [3.63, 3.8) is 0 Å². The minimum absolute atomic E-state index is 0.196. The molecular formula is C13H17N3O3. The molecule has 1 atom stereocenters. The lowest BCUT2D eigenvalue weighted by atomic mass is 10.1. The van der Waals surface area contributed by atoms with Crippen LogP contribution in [0.2, 0.25) is 0 Å². The van der Waals surface area contributed by atoms with Crippen molar-refractivity contribution in [2.45, 2.75) is 32.7 Å². The van der Waals surface area contributed by atoms with Gasteiger partial charge in [0.25, 0.3) is 5.91 Å². The lowest BCUT2D eigenvalue weighted by Gasteiger charge is -2.21. The summed E-state index contributed by atoms with van der Waals surface area (Å²) < 4.78 is 9.87. The molecule has 0 unspecified atom stereocenters. The summed E-state index contributed by atoms with van der Waals surface area (Å²) in [5.41, 5.74) is 1.46. The van der Waals surface area contributed by atoms with Crippen molar-refractivity contribution >= 4 is 5.91 Å². The van der Waals surface area contributed by atoms with Crippen molar-refractivity contribution in [1.29, 1.82) is 0 Å². The first-order valence-corrected chi connectivity index (χ1v) is 6.14. The number of amides is 1. The Morgan fingerprint density at radius 3 is 2.53 bits per heavy atom. The number of rotatable bonds is 4. The summed E-state index contributed by atoms with van der Waals surface area (Å²) in [4.78, 5) is 13.8. The van der Waals surface area contributed by atoms with Crippen molar-refractivity contribution in [3.8, 4) is 0 Å². The van der Waals surface area contributed by atoms with Crippen LogP contribution in [0.25, 0.3) is 0 Å². The van der Waals surface area contributed by atoms with Gasteiger partial charge in [0.15, 0.2) is 0 Å². The Kier molecular flexibility index (Phi) is 3.69. The fourth-order valence-corrected chi connectivity index (χ4v) is 1.65. The van der Waals surface area contributed by atoms with Gasteiger partial charge < -0.3 is 13.9 Å². The van der Waals surface area contributed by atoms with E-state index < -0.39 is 0 Å². The fraction of sp³-hybridized carbons (Fsp3) is 0.462. The molecule has 0 N–H and O–H groups in total. The van der Waals surface area contributed by atoms with Gasteiger partial charge in [-0.15, -0.1) is 0 Å². The maximum Gasteiger partial charge on any atom is 0.292 e. The van der Waals surface area contributed by atoms with E-state index >= 15 is 0 Å². The van der Waals surface area contributed by atoms with Crippen molar-refractivity contribution in [3.05, 3.63) is 35.5 Å². The van der Waals surface area contributed by atoms with E-state index in [1.54, 1.807) is 24.1 Å². The summed E-state index contributed by atoms with van der Waals surface area (Å²) in [6.07, 6.45) is 1.48. The molecule has 0 saturated carbocycles. The maximum absolute atomic E-state index is 12.3. The lowest BCUT2D eigenvalue weighted by molar-refractivity contribution is 0.0695. The Hall–Kier alpha value is -2.11. The molecule has 19 heavy (non-hydrogen) atoms. The summed E-state index contributed by atoms with van der Waals surface area (Å²) in [6, 6.07) is 3.21. The van der Waals surface area contributed by atoms with Crippen LogP contribution in [0, 0.1) is 0 Å². The molecule has 6 nitrogen and oxygen atoms in total. The van der Waals surface area contributed by atoms with Gasteiger partial charge in [-0.3, -0.25) is 4.79 Å². The van der Waals surface area contributed by atoms with Gasteiger partial charge in [-0.25, -0.2) is 0 Å². The van der Waals surface area contributed by atoms with Gasteiger partial charge in [-0.2, -0.15) is 0 Å². The highest BCUT2D eigenvalue weighted by atomic mass is 16.5. The van der Waals surface area contributed by atoms with E-state index in [0.717, 1.165) is 5.69 Å². The monoisotopic (exact) mass is 263 g/mol. The Morgan fingerprint density at radius 2 is 2.00 bits per heavy atom. The van der Waals surface area contributed by atoms with E-state index in [-0.39, 0.29) is 23.6 Å². The molecule has 102 valence electrons. The molecule has 0 aromatic carbocycles. The molecule has 0 aliphatic carbocycles. The van der Waals surface area contributed by atoms with Gasteiger partial charge in [0, 0.05) is 19.2 Å². The highest BCUT2D eigenvalue weighted by Gasteiger charge is 2.24. The van der Waals surface area contributed by atoms with E-state index in [4.69, 9.17) is 9.05 Å². The minimum atomic E-state index is -0.227. The topological polar surface area (TPSA) is 72.4 Å². The molecule has 1 amide bonds. The predicted octanol–water partition coefficient (Wildman–Crippen LogP) is 2.62. The lowest BCUT2D eigenvalue weighted by Crippen LogP contribution is -2.29. The fourth-order valence-electron chi connectivity index (χ4n) is 1.65. The van der Waals surface area contributed by atoms with Gasteiger partial charge in [0.05, 0.1) is 11.7 Å². The summed E-state index contributed by atoms with van der Waals surface area (Å²) >= 11 is 0. The second kappa shape index (κ2) is 5.26. The second-order valence-corrected chi connectivity index (χ2v) is 4.79. The van der Waals surface area contributed by atoms with Crippen LogP contribution >= 0.6 is 0 Å². The highest BCUT2D eigenvalue weighted by Crippen LogP contribution is 2.21. The first kappa shape index (κ1) is 13.3. The summed E-state index contributed by atoms with van der Waals surface area (Å²) in [6.45, 7) is 5.86. The van der Waals surface area contributed by atoms with Crippen molar-refractivity contribution in [1.82, 2.24) is 15.2 Å². The first-order valence-electron chi connectivity index (χ1n) is 6.14. The molecule has 2 heterocycles. The van der Waals surface area contributed by atoms with Crippen LogP contribution in [0.4, 0.5) is 0 Å². The van der Waals surface area contributed by atoms with E-state index in [1.807, 2.05) is 20.8 Å². The van der Waals surface area contributed by atoms with E-state index in [2.05, 4.69) is 10.3 Å². The number of carbonyl (C=O) groups excluding carboxylic acids is 1. The third-order valence-corrected chi connectivity index (χ3v) is 3.12. The molecular weight excluding hydrogens is 246 g/mol. The maximum atomic E-state index is 12.3. The van der Waals surface area contributed by atoms with Crippen LogP contribution in [0.15, 0.2) is 27.4 Å². The molecule has 6 heteroatoms. The predicted molar refractivity (Wildman–Crippen MR) is 67.6 cm³/mol. The number of hydrogen-bond acceptors (Lipinski definition) is 5. The molecule has 0 radical (unpaired) electrons. The normalized spacial score (nSPS) is 12.7. The summed E-state index contributed by atoms with van der Waals surface area (Å²) in [5.74, 6) is 0.236. The van der Waals surface area contributed by atoms with Gasteiger partial charge in [-0.05, 0) is 12.8 Å². The van der Waals surface area contributed by atoms with Crippen LogP contribution in [0.5, 0.6) is 0 Å². The van der Waals surface area contributed by atoms with Crippen molar-refractivity contribution in [2.24, 2.45) is 0 Å². The molecule has 0 saturated heterocycles. The average Bonchev–Trinajstić information content (AvgIpc) is 3.06. The van der Waals surface area contributed by atoms with Crippen molar-refractivity contribution < 1.29 is 13.8 Å². The number of nitrogens with zero attached hydrogens (tertiary/aromatic N) is 3. The van der Waals surface area contributed by atoms with E-state index in [1.165, 1.54) is 6.26 Å². The number of aromatic nitrogens is 2. The standard InChI is InChI=1S/C13H17N3O3/c1-8(2)11-7-12(19-15-11)13(17)16(4)9(3)10-5-6-18-14-10/h5-9H,1-4H3/t9-/m0/s1. The van der Waals surface area contributed by atoms with Crippen molar-refractivity contribution in [2.75, 3.05) is 7.05 Å². The Labute approximate surface area is 111 Å². The molecule has 0 aliphatic heterocycles. The largest absolute Gasteiger partial charge is 0.364 e. The molecule has 0 fully saturated rings. The molecule has 2 aromatic rings. The van der Waals surface area contributed by atoms with Crippen LogP contribution in [0.3, 0.4) is 0 Å². The van der Waals surface area contributed by atoms with Gasteiger partial charge in [0.1, 0.15) is 12.0 Å². The zero-order valence-electron chi connectivity index (χ0n) is 11.5. The van der Waals surface area contributed by atoms with Crippen LogP contribution in [-0.4, -0.2) is 28.2 Å². The van der Waals surface area contributed by atoms with Crippen LogP contribution in [-0.2, 0) is 0 Å². The first-order chi connectivity index (χ1) is 9.00.